The van der Waals surface area contributed by atoms with Gasteiger partial charge in [0.25, 0.3) is 0 Å². The average Bonchev–Trinajstić information content (AvgIpc) is 2.50. The zero-order valence-corrected chi connectivity index (χ0v) is 13.4. The number of hydrogen-bond acceptors (Lipinski definition) is 2. The standard InChI is InChI=1S/C19H25NO/c1-14-9-10-16(11-15(14)2)12-18(20-3)13-17-7-5-6-8-19(17)21-4/h5-11,18,20H,12-13H2,1-4H3. The van der Waals surface area contributed by atoms with E-state index in [-0.39, 0.29) is 0 Å². The Hall–Kier alpha value is -1.80. The molecule has 0 bridgehead atoms. The van der Waals surface area contributed by atoms with Crippen LogP contribution in [0.5, 0.6) is 5.75 Å². The number of methoxy groups -OCH3 is 1. The van der Waals surface area contributed by atoms with Crippen molar-refractivity contribution >= 4 is 0 Å². The summed E-state index contributed by atoms with van der Waals surface area (Å²) in [4.78, 5) is 0. The second-order valence-corrected chi connectivity index (χ2v) is 5.62. The maximum Gasteiger partial charge on any atom is 0.122 e. The average molecular weight is 283 g/mol. The number of benzene rings is 2. The molecule has 2 nitrogen and oxygen atoms in total. The number of aryl methyl sites for hydroxylation is 2. The van der Waals surface area contributed by atoms with Crippen molar-refractivity contribution in [2.75, 3.05) is 14.2 Å². The molecular weight excluding hydrogens is 258 g/mol. The lowest BCUT2D eigenvalue weighted by Crippen LogP contribution is -2.30. The van der Waals surface area contributed by atoms with Crippen molar-refractivity contribution in [1.82, 2.24) is 5.32 Å². The zero-order valence-electron chi connectivity index (χ0n) is 13.4. The minimum Gasteiger partial charge on any atom is -0.496 e. The summed E-state index contributed by atoms with van der Waals surface area (Å²) in [5.41, 5.74) is 5.35. The lowest BCUT2D eigenvalue weighted by atomic mass is 9.96. The summed E-state index contributed by atoms with van der Waals surface area (Å²) in [6.45, 7) is 4.33. The third kappa shape index (κ3) is 4.08. The minimum absolute atomic E-state index is 0.406. The quantitative estimate of drug-likeness (QED) is 0.873. The summed E-state index contributed by atoms with van der Waals surface area (Å²) in [6, 6.07) is 15.4. The number of hydrogen-bond donors (Lipinski definition) is 1. The van der Waals surface area contributed by atoms with Crippen molar-refractivity contribution in [2.24, 2.45) is 0 Å². The van der Waals surface area contributed by atoms with E-state index in [4.69, 9.17) is 4.74 Å². The Labute approximate surface area is 128 Å². The molecule has 1 atom stereocenters. The first-order chi connectivity index (χ1) is 10.1. The molecule has 0 aliphatic rings. The highest BCUT2D eigenvalue weighted by Gasteiger charge is 2.12. The molecule has 0 saturated heterocycles. The number of nitrogens with one attached hydrogen (secondary N) is 1. The molecule has 2 rings (SSSR count). The molecule has 21 heavy (non-hydrogen) atoms. The molecule has 0 radical (unpaired) electrons. The zero-order chi connectivity index (χ0) is 15.2. The van der Waals surface area contributed by atoms with Crippen LogP contribution in [-0.2, 0) is 12.8 Å². The predicted octanol–water partition coefficient (Wildman–Crippen LogP) is 3.69. The second-order valence-electron chi connectivity index (χ2n) is 5.62. The van der Waals surface area contributed by atoms with Crippen LogP contribution < -0.4 is 10.1 Å². The topological polar surface area (TPSA) is 21.3 Å². The molecule has 0 amide bonds. The van der Waals surface area contributed by atoms with E-state index >= 15 is 0 Å². The molecule has 2 heteroatoms. The van der Waals surface area contributed by atoms with Crippen LogP contribution in [0.15, 0.2) is 42.5 Å². The number of likely N-dealkylation sites (N-methyl/N-ethyl adjacent to an activating group) is 1. The van der Waals surface area contributed by atoms with Crippen LogP contribution in [0.2, 0.25) is 0 Å². The Bertz CT molecular complexity index is 592. The lowest BCUT2D eigenvalue weighted by Gasteiger charge is -2.18. The molecule has 1 unspecified atom stereocenters. The van der Waals surface area contributed by atoms with Gasteiger partial charge in [-0.3, -0.25) is 0 Å². The van der Waals surface area contributed by atoms with Crippen molar-refractivity contribution < 1.29 is 4.74 Å². The van der Waals surface area contributed by atoms with E-state index in [0.717, 1.165) is 18.6 Å². The van der Waals surface area contributed by atoms with Crippen LogP contribution in [0, 0.1) is 13.8 Å². The van der Waals surface area contributed by atoms with Gasteiger partial charge < -0.3 is 10.1 Å². The van der Waals surface area contributed by atoms with Crippen molar-refractivity contribution in [2.45, 2.75) is 32.7 Å². The van der Waals surface area contributed by atoms with Gasteiger partial charge in [0.1, 0.15) is 5.75 Å². The van der Waals surface area contributed by atoms with E-state index in [2.05, 4.69) is 49.5 Å². The molecule has 2 aromatic rings. The normalized spacial score (nSPS) is 12.2. The van der Waals surface area contributed by atoms with Crippen LogP contribution in [0.3, 0.4) is 0 Å². The first kappa shape index (κ1) is 15.6. The van der Waals surface area contributed by atoms with Gasteiger partial charge in [-0.2, -0.15) is 0 Å². The fraction of sp³-hybridized carbons (Fsp3) is 0.368. The maximum absolute atomic E-state index is 5.45. The molecule has 1 N–H and O–H groups in total. The van der Waals surface area contributed by atoms with E-state index in [9.17, 15) is 0 Å². The van der Waals surface area contributed by atoms with Crippen LogP contribution in [0.1, 0.15) is 22.3 Å². The minimum atomic E-state index is 0.406. The van der Waals surface area contributed by atoms with Gasteiger partial charge in [-0.05, 0) is 62.1 Å². The largest absolute Gasteiger partial charge is 0.496 e. The van der Waals surface area contributed by atoms with E-state index in [1.807, 2.05) is 19.2 Å². The van der Waals surface area contributed by atoms with Crippen LogP contribution >= 0.6 is 0 Å². The second kappa shape index (κ2) is 7.28. The van der Waals surface area contributed by atoms with E-state index in [1.165, 1.54) is 22.3 Å². The van der Waals surface area contributed by atoms with Gasteiger partial charge in [0.05, 0.1) is 7.11 Å². The molecule has 2 aromatic carbocycles. The Morgan fingerprint density at radius 2 is 1.76 bits per heavy atom. The van der Waals surface area contributed by atoms with Gasteiger partial charge in [0.2, 0.25) is 0 Å². The summed E-state index contributed by atoms with van der Waals surface area (Å²) in [6.07, 6.45) is 1.99. The number of rotatable bonds is 6. The third-order valence-electron chi connectivity index (χ3n) is 4.12. The van der Waals surface area contributed by atoms with Gasteiger partial charge in [-0.1, -0.05) is 36.4 Å². The fourth-order valence-corrected chi connectivity index (χ4v) is 2.63. The van der Waals surface area contributed by atoms with Gasteiger partial charge in [-0.25, -0.2) is 0 Å². The molecule has 112 valence electrons. The van der Waals surface area contributed by atoms with Gasteiger partial charge in [0, 0.05) is 6.04 Å². The van der Waals surface area contributed by atoms with Crippen molar-refractivity contribution in [3.8, 4) is 5.75 Å². The third-order valence-corrected chi connectivity index (χ3v) is 4.12. The highest BCUT2D eigenvalue weighted by atomic mass is 16.5. The van der Waals surface area contributed by atoms with Crippen molar-refractivity contribution in [3.63, 3.8) is 0 Å². The number of ether oxygens (including phenoxy) is 1. The maximum atomic E-state index is 5.45. The van der Waals surface area contributed by atoms with Crippen LogP contribution in [-0.4, -0.2) is 20.2 Å². The van der Waals surface area contributed by atoms with E-state index < -0.39 is 0 Å². The van der Waals surface area contributed by atoms with Crippen LogP contribution in [0.4, 0.5) is 0 Å². The molecule has 0 aliphatic carbocycles. The lowest BCUT2D eigenvalue weighted by molar-refractivity contribution is 0.406. The summed E-state index contributed by atoms with van der Waals surface area (Å²) < 4.78 is 5.45. The molecule has 0 fully saturated rings. The summed E-state index contributed by atoms with van der Waals surface area (Å²) in [5, 5.41) is 3.43. The Morgan fingerprint density at radius 3 is 2.43 bits per heavy atom. The summed E-state index contributed by atoms with van der Waals surface area (Å²) in [7, 11) is 3.76. The Morgan fingerprint density at radius 1 is 1.00 bits per heavy atom. The fourth-order valence-electron chi connectivity index (χ4n) is 2.63. The van der Waals surface area contributed by atoms with Crippen molar-refractivity contribution in [1.29, 1.82) is 0 Å². The van der Waals surface area contributed by atoms with Gasteiger partial charge in [0.15, 0.2) is 0 Å². The Balaban J connectivity index is 2.11. The molecule has 0 aliphatic heterocycles. The van der Waals surface area contributed by atoms with Crippen LogP contribution in [0.25, 0.3) is 0 Å². The molecular formula is C19H25NO. The van der Waals surface area contributed by atoms with E-state index in [1.54, 1.807) is 7.11 Å². The highest BCUT2D eigenvalue weighted by molar-refractivity contribution is 5.35. The summed E-state index contributed by atoms with van der Waals surface area (Å²) in [5.74, 6) is 0.970. The smallest absolute Gasteiger partial charge is 0.122 e. The number of para-hydroxylation sites is 1. The molecule has 0 heterocycles. The Kier molecular flexibility index (Phi) is 5.40. The summed E-state index contributed by atoms with van der Waals surface area (Å²) >= 11 is 0. The van der Waals surface area contributed by atoms with Crippen molar-refractivity contribution in [3.05, 3.63) is 64.7 Å². The van der Waals surface area contributed by atoms with Gasteiger partial charge in [-0.15, -0.1) is 0 Å². The first-order valence-corrected chi connectivity index (χ1v) is 7.49. The van der Waals surface area contributed by atoms with Gasteiger partial charge >= 0.3 is 0 Å². The molecule has 0 spiro atoms. The molecule has 0 saturated carbocycles. The monoisotopic (exact) mass is 283 g/mol. The first-order valence-electron chi connectivity index (χ1n) is 7.49. The highest BCUT2D eigenvalue weighted by Crippen LogP contribution is 2.20. The SMILES string of the molecule is CNC(Cc1ccc(C)c(C)c1)Cc1ccccc1OC. The molecule has 0 aromatic heterocycles. The predicted molar refractivity (Wildman–Crippen MR) is 89.2 cm³/mol. The van der Waals surface area contributed by atoms with E-state index in [0.29, 0.717) is 6.04 Å².